The lowest BCUT2D eigenvalue weighted by atomic mass is 9.64. The molecule has 31 heavy (non-hydrogen) atoms. The summed E-state index contributed by atoms with van der Waals surface area (Å²) in [5, 5.41) is 12.0. The lowest BCUT2D eigenvalue weighted by Gasteiger charge is -2.45. The summed E-state index contributed by atoms with van der Waals surface area (Å²) in [4.78, 5) is 26.5. The molecule has 6 atom stereocenters. The first-order valence-electron chi connectivity index (χ1n) is 10.1. The van der Waals surface area contributed by atoms with Crippen molar-refractivity contribution in [1.82, 2.24) is 5.32 Å². The lowest BCUT2D eigenvalue weighted by molar-refractivity contribution is -0.147. The van der Waals surface area contributed by atoms with E-state index < -0.39 is 46.6 Å². The second kappa shape index (κ2) is 6.20. The van der Waals surface area contributed by atoms with Gasteiger partial charge < -0.3 is 14.8 Å². The number of carbonyl (C=O) groups is 2. The summed E-state index contributed by atoms with van der Waals surface area (Å²) in [6.07, 6.45) is -4.62. The SMILES string of the molecule is CC(=O)N[C@@H]1C[C@@]2(C)O[C@@]13CCO[C@H]1[C@@H]3[C@@H]2C(=O)N1c1ccc(C#N)c(C(F)(F)F)c1. The Kier molecular flexibility index (Phi) is 4.06. The molecule has 7 nitrogen and oxygen atoms in total. The zero-order valence-electron chi connectivity index (χ0n) is 16.8. The van der Waals surface area contributed by atoms with Crippen LogP contribution in [0.2, 0.25) is 0 Å². The Morgan fingerprint density at radius 1 is 1.39 bits per heavy atom. The van der Waals surface area contributed by atoms with Gasteiger partial charge in [-0.1, -0.05) is 0 Å². The Hall–Kier alpha value is -2.64. The fourth-order valence-corrected chi connectivity index (χ4v) is 6.15. The molecule has 4 heterocycles. The van der Waals surface area contributed by atoms with Gasteiger partial charge in [0.05, 0.1) is 52.9 Å². The molecule has 0 unspecified atom stereocenters. The Morgan fingerprint density at radius 2 is 2.13 bits per heavy atom. The van der Waals surface area contributed by atoms with Crippen molar-refractivity contribution < 1.29 is 32.2 Å². The monoisotopic (exact) mass is 435 g/mol. The predicted octanol–water partition coefficient (Wildman–Crippen LogP) is 2.34. The topological polar surface area (TPSA) is 91.7 Å². The van der Waals surface area contributed by atoms with Crippen LogP contribution in [0.25, 0.3) is 0 Å². The molecule has 4 aliphatic rings. The summed E-state index contributed by atoms with van der Waals surface area (Å²) < 4.78 is 52.8. The quantitative estimate of drug-likeness (QED) is 0.770. The Morgan fingerprint density at radius 3 is 2.77 bits per heavy atom. The van der Waals surface area contributed by atoms with Crippen LogP contribution in [0, 0.1) is 23.2 Å². The molecule has 164 valence electrons. The third-order valence-corrected chi connectivity index (χ3v) is 7.13. The largest absolute Gasteiger partial charge is 0.417 e. The fourth-order valence-electron chi connectivity index (χ4n) is 6.15. The zero-order chi connectivity index (χ0) is 22.3. The van der Waals surface area contributed by atoms with Gasteiger partial charge in [0.1, 0.15) is 6.23 Å². The van der Waals surface area contributed by atoms with Crippen LogP contribution in [0.4, 0.5) is 18.9 Å². The first-order valence-corrected chi connectivity index (χ1v) is 10.1. The molecule has 1 spiro atoms. The van der Waals surface area contributed by atoms with Gasteiger partial charge >= 0.3 is 6.18 Å². The third kappa shape index (κ3) is 2.59. The number of benzene rings is 1. The zero-order valence-corrected chi connectivity index (χ0v) is 16.8. The fraction of sp³-hybridized carbons (Fsp3) is 0.571. The number of nitriles is 1. The second-order valence-electron chi connectivity index (χ2n) is 8.89. The molecule has 1 aromatic carbocycles. The Balaban J connectivity index is 1.59. The average Bonchev–Trinajstić information content (AvgIpc) is 3.24. The highest BCUT2D eigenvalue weighted by Crippen LogP contribution is 2.65. The van der Waals surface area contributed by atoms with Crippen molar-refractivity contribution in [2.75, 3.05) is 11.5 Å². The molecule has 0 aliphatic carbocycles. The van der Waals surface area contributed by atoms with Crippen LogP contribution in [0.1, 0.15) is 37.8 Å². The van der Waals surface area contributed by atoms with Gasteiger partial charge in [-0.15, -0.1) is 0 Å². The highest BCUT2D eigenvalue weighted by atomic mass is 19.4. The first-order chi connectivity index (χ1) is 14.5. The highest BCUT2D eigenvalue weighted by Gasteiger charge is 2.78. The molecule has 5 rings (SSSR count). The van der Waals surface area contributed by atoms with Gasteiger partial charge in [0.25, 0.3) is 0 Å². The number of amides is 2. The molecule has 4 fully saturated rings. The summed E-state index contributed by atoms with van der Waals surface area (Å²) in [7, 11) is 0. The average molecular weight is 435 g/mol. The summed E-state index contributed by atoms with van der Waals surface area (Å²) in [6.45, 7) is 3.48. The number of alkyl halides is 3. The maximum absolute atomic E-state index is 13.5. The highest BCUT2D eigenvalue weighted by molar-refractivity contribution is 6.00. The molecular formula is C21H20F3N3O4. The van der Waals surface area contributed by atoms with Crippen molar-refractivity contribution >= 4 is 17.5 Å². The molecule has 10 heteroatoms. The van der Waals surface area contributed by atoms with Gasteiger partial charge in [-0.2, -0.15) is 18.4 Å². The smallest absolute Gasteiger partial charge is 0.365 e. The molecular weight excluding hydrogens is 415 g/mol. The van der Waals surface area contributed by atoms with Crippen molar-refractivity contribution in [2.24, 2.45) is 11.8 Å². The standard InChI is InChI=1S/C21H20F3N3O4/c1-10(28)26-14-8-19(2)15-16-18(30-6-5-20(14,16)31-19)27(17(15)29)12-4-3-11(9-25)13(7-12)21(22,23)24/h3-4,7,14-16,18H,5-6,8H2,1-2H3,(H,26,28)/t14-,15-,16+,18+,19-,20+/m1/s1. The van der Waals surface area contributed by atoms with Crippen molar-refractivity contribution in [3.63, 3.8) is 0 Å². The van der Waals surface area contributed by atoms with E-state index in [0.717, 1.165) is 12.1 Å². The molecule has 0 aromatic heterocycles. The van der Waals surface area contributed by atoms with E-state index in [1.807, 2.05) is 6.92 Å². The number of nitrogens with one attached hydrogen (secondary N) is 1. The summed E-state index contributed by atoms with van der Waals surface area (Å²) >= 11 is 0. The predicted molar refractivity (Wildman–Crippen MR) is 99.4 cm³/mol. The van der Waals surface area contributed by atoms with Crippen molar-refractivity contribution in [3.8, 4) is 6.07 Å². The van der Waals surface area contributed by atoms with E-state index in [1.165, 1.54) is 17.9 Å². The summed E-state index contributed by atoms with van der Waals surface area (Å²) in [6, 6.07) is 4.50. The number of anilines is 1. The van der Waals surface area contributed by atoms with Gasteiger partial charge in [-0.25, -0.2) is 0 Å². The van der Waals surface area contributed by atoms with Crippen molar-refractivity contribution in [3.05, 3.63) is 29.3 Å². The van der Waals surface area contributed by atoms with E-state index in [9.17, 15) is 22.8 Å². The number of ether oxygens (including phenoxy) is 2. The van der Waals surface area contributed by atoms with Crippen LogP contribution in [0.5, 0.6) is 0 Å². The second-order valence-corrected chi connectivity index (χ2v) is 8.89. The molecule has 2 bridgehead atoms. The minimum absolute atomic E-state index is 0.0341. The number of fused-ring (bicyclic) bond motifs is 2. The first kappa shape index (κ1) is 20.3. The van der Waals surface area contributed by atoms with Crippen LogP contribution in [0.15, 0.2) is 18.2 Å². The van der Waals surface area contributed by atoms with Crippen LogP contribution in [-0.4, -0.2) is 41.9 Å². The third-order valence-electron chi connectivity index (χ3n) is 7.13. The Bertz CT molecular complexity index is 1040. The molecule has 2 amide bonds. The maximum atomic E-state index is 13.5. The molecule has 4 saturated heterocycles. The number of nitrogens with zero attached hydrogens (tertiary/aromatic N) is 2. The van der Waals surface area contributed by atoms with E-state index in [0.29, 0.717) is 12.8 Å². The van der Waals surface area contributed by atoms with Gasteiger partial charge in [0.15, 0.2) is 0 Å². The van der Waals surface area contributed by atoms with Crippen molar-refractivity contribution in [1.29, 1.82) is 5.26 Å². The molecule has 4 aliphatic heterocycles. The maximum Gasteiger partial charge on any atom is 0.417 e. The number of hydrogen-bond acceptors (Lipinski definition) is 5. The van der Waals surface area contributed by atoms with E-state index >= 15 is 0 Å². The Labute approximate surface area is 176 Å². The van der Waals surface area contributed by atoms with Crippen molar-refractivity contribution in [2.45, 2.75) is 56.3 Å². The van der Waals surface area contributed by atoms with E-state index in [2.05, 4.69) is 5.32 Å². The van der Waals surface area contributed by atoms with Crippen LogP contribution in [0.3, 0.4) is 0 Å². The van der Waals surface area contributed by atoms with Crippen LogP contribution in [-0.2, 0) is 25.2 Å². The number of halogens is 3. The normalized spacial score (nSPS) is 38.2. The van der Waals surface area contributed by atoms with Gasteiger partial charge in [0, 0.05) is 19.0 Å². The summed E-state index contributed by atoms with van der Waals surface area (Å²) in [5.74, 6) is -1.58. The number of carbonyl (C=O) groups excluding carboxylic acids is 2. The lowest BCUT2D eigenvalue weighted by Crippen LogP contribution is -2.61. The van der Waals surface area contributed by atoms with Gasteiger partial charge in [-0.3, -0.25) is 14.5 Å². The van der Waals surface area contributed by atoms with Gasteiger partial charge in [0.2, 0.25) is 11.8 Å². The van der Waals surface area contributed by atoms with E-state index in [1.54, 1.807) is 6.07 Å². The molecule has 0 radical (unpaired) electrons. The summed E-state index contributed by atoms with van der Waals surface area (Å²) in [5.41, 5.74) is -3.23. The van der Waals surface area contributed by atoms with E-state index in [-0.39, 0.29) is 30.2 Å². The van der Waals surface area contributed by atoms with Crippen LogP contribution >= 0.6 is 0 Å². The number of rotatable bonds is 2. The van der Waals surface area contributed by atoms with Crippen LogP contribution < -0.4 is 10.2 Å². The minimum atomic E-state index is -4.74. The molecule has 1 aromatic rings. The molecule has 0 saturated carbocycles. The van der Waals surface area contributed by atoms with E-state index in [4.69, 9.17) is 14.7 Å². The number of hydrogen-bond donors (Lipinski definition) is 1. The minimum Gasteiger partial charge on any atom is -0.365 e. The molecule has 1 N–H and O–H groups in total. The van der Waals surface area contributed by atoms with Gasteiger partial charge in [-0.05, 0) is 31.5 Å².